The Hall–Kier alpha value is -4.80. The number of rotatable bonds is 19. The van der Waals surface area contributed by atoms with Crippen LogP contribution in [0, 0.1) is 36.3 Å². The van der Waals surface area contributed by atoms with Gasteiger partial charge >= 0.3 is 12.1 Å². The molecule has 17 heteroatoms. The largest absolute Gasteiger partial charge is 0.465 e. The number of hydrogen-bond donors (Lipinski definition) is 6. The first-order valence-corrected chi connectivity index (χ1v) is 19.9. The van der Waals surface area contributed by atoms with Crippen molar-refractivity contribution in [1.29, 1.82) is 0 Å². The van der Waals surface area contributed by atoms with Crippen molar-refractivity contribution < 1.29 is 47.0 Å². The average Bonchev–Trinajstić information content (AvgIpc) is 3.43. The van der Waals surface area contributed by atoms with Crippen molar-refractivity contribution in [3.05, 3.63) is 51.4 Å². The van der Waals surface area contributed by atoms with Gasteiger partial charge in [-0.3, -0.25) is 19.2 Å². The van der Waals surface area contributed by atoms with Crippen molar-refractivity contribution in [2.24, 2.45) is 17.8 Å². The smallest absolute Gasteiger partial charge is 0.408 e. The number of halogens is 2. The molecule has 2 aromatic rings. The summed E-state index contributed by atoms with van der Waals surface area (Å²) in [5.41, 5.74) is 0.201. The molecule has 14 nitrogen and oxygen atoms in total. The number of benzene rings is 1. The molecule has 5 amide bonds. The van der Waals surface area contributed by atoms with Gasteiger partial charge in [0.1, 0.15) is 40.4 Å². The third-order valence-electron chi connectivity index (χ3n) is 8.93. The maximum absolute atomic E-state index is 13.9. The molecule has 6 N–H and O–H groups in total. The molecule has 0 fully saturated rings. The number of carbonyl (C=O) groups is 6. The van der Waals surface area contributed by atoms with Gasteiger partial charge in [0.05, 0.1) is 17.6 Å². The van der Waals surface area contributed by atoms with Crippen LogP contribution in [0.1, 0.15) is 113 Å². The van der Waals surface area contributed by atoms with Crippen LogP contribution in [0.4, 0.5) is 18.6 Å². The van der Waals surface area contributed by atoms with Crippen molar-refractivity contribution in [3.8, 4) is 0 Å². The summed E-state index contributed by atoms with van der Waals surface area (Å²) in [6, 6.07) is 0.301. The number of carbonyl (C=O) groups excluding carboxylic acids is 6. The summed E-state index contributed by atoms with van der Waals surface area (Å²) in [7, 11) is 1.22. The lowest BCUT2D eigenvalue weighted by Crippen LogP contribution is -2.60. The number of ether oxygens (including phenoxy) is 2. The fourth-order valence-corrected chi connectivity index (χ4v) is 6.92. The van der Waals surface area contributed by atoms with Crippen LogP contribution in [0.3, 0.4) is 0 Å². The Morgan fingerprint density at radius 3 is 1.72 bits per heavy atom. The second kappa shape index (κ2) is 21.6. The molecule has 0 saturated heterocycles. The number of amides is 5. The molecular weight excluding hydrogens is 763 g/mol. The molecule has 2 rings (SSSR count). The van der Waals surface area contributed by atoms with Gasteiger partial charge in [0.25, 0.3) is 5.91 Å². The SMILES string of the molecule is CCC(CNc1sc(C(=O)NCCNC(=O)[C@@H](NC(=O)[C@@H](NC(=O)[C@@H](NC(=O)OC(C)(C)C)C(C)C)C(C)C)C(C)C)c(C)c1C(=O)OC)c1cc(F)cc(F)c1. The van der Waals surface area contributed by atoms with Crippen LogP contribution in [0.2, 0.25) is 0 Å². The number of alkyl carbamates (subject to hydrolysis) is 1. The van der Waals surface area contributed by atoms with Crippen LogP contribution in [0.15, 0.2) is 18.2 Å². The highest BCUT2D eigenvalue weighted by Gasteiger charge is 2.34. The normalized spacial score (nSPS) is 13.6. The van der Waals surface area contributed by atoms with Gasteiger partial charge < -0.3 is 41.4 Å². The number of nitrogens with one attached hydrogen (secondary N) is 6. The van der Waals surface area contributed by atoms with Crippen molar-refractivity contribution in [2.75, 3.05) is 32.1 Å². The van der Waals surface area contributed by atoms with E-state index >= 15 is 0 Å². The molecule has 1 aromatic heterocycles. The first kappa shape index (κ1) is 48.3. The Bertz CT molecular complexity index is 1720. The van der Waals surface area contributed by atoms with E-state index in [0.29, 0.717) is 22.5 Å². The first-order valence-electron chi connectivity index (χ1n) is 19.1. The minimum absolute atomic E-state index is 0.00216. The Morgan fingerprint density at radius 1 is 0.754 bits per heavy atom. The van der Waals surface area contributed by atoms with E-state index in [0.717, 1.165) is 17.4 Å². The van der Waals surface area contributed by atoms with Crippen LogP contribution < -0.4 is 31.9 Å². The van der Waals surface area contributed by atoms with Crippen molar-refractivity contribution >= 4 is 52.0 Å². The van der Waals surface area contributed by atoms with Crippen molar-refractivity contribution in [3.63, 3.8) is 0 Å². The van der Waals surface area contributed by atoms with Gasteiger partial charge in [-0.2, -0.15) is 0 Å². The fraction of sp³-hybridized carbons (Fsp3) is 0.600. The molecule has 0 bridgehead atoms. The quantitative estimate of drug-likeness (QED) is 0.0795. The highest BCUT2D eigenvalue weighted by atomic mass is 32.1. The third-order valence-corrected chi connectivity index (χ3v) is 10.2. The third kappa shape index (κ3) is 14.6. The predicted octanol–water partition coefficient (Wildman–Crippen LogP) is 5.40. The Labute approximate surface area is 338 Å². The molecule has 0 aliphatic carbocycles. The highest BCUT2D eigenvalue weighted by molar-refractivity contribution is 7.18. The van der Waals surface area contributed by atoms with Gasteiger partial charge in [0.15, 0.2) is 0 Å². The van der Waals surface area contributed by atoms with E-state index in [2.05, 4.69) is 31.9 Å². The molecule has 0 aliphatic heterocycles. The molecule has 318 valence electrons. The standard InChI is InChI=1S/C40H60F2N6O8S/c1-13-24(25-16-26(41)18-27(42)17-25)19-45-37-28(38(53)55-12)23(8)32(57-37)36(52)44-15-14-43-33(49)29(20(2)3)46-34(50)30(21(4)5)47-35(51)31(22(6)7)48-39(54)56-40(9,10)11/h16-18,20-22,24,29-31,45H,13-15,19H2,1-12H3,(H,43,49)(H,44,52)(H,46,50)(H,47,51)(H,48,54)/t24?,29-,30-,31-/m0/s1. The van der Waals surface area contributed by atoms with E-state index in [-0.39, 0.29) is 53.7 Å². The van der Waals surface area contributed by atoms with Gasteiger partial charge in [0.2, 0.25) is 17.7 Å². The van der Waals surface area contributed by atoms with Gasteiger partial charge in [-0.25, -0.2) is 18.4 Å². The zero-order valence-corrected chi connectivity index (χ0v) is 35.8. The van der Waals surface area contributed by atoms with Gasteiger partial charge in [-0.05, 0) is 75.1 Å². The van der Waals surface area contributed by atoms with E-state index in [4.69, 9.17) is 9.47 Å². The average molecular weight is 823 g/mol. The van der Waals surface area contributed by atoms with Crippen LogP contribution in [-0.2, 0) is 23.9 Å². The second-order valence-corrected chi connectivity index (χ2v) is 16.8. The number of thiophene rings is 1. The molecule has 0 aliphatic rings. The Morgan fingerprint density at radius 2 is 1.25 bits per heavy atom. The van der Waals surface area contributed by atoms with E-state index in [1.165, 1.54) is 19.2 Å². The monoisotopic (exact) mass is 822 g/mol. The second-order valence-electron chi connectivity index (χ2n) is 15.8. The summed E-state index contributed by atoms with van der Waals surface area (Å²) in [6.45, 7) is 19.3. The number of hydrogen-bond acceptors (Lipinski definition) is 10. The minimum atomic E-state index is -1.03. The molecule has 1 aromatic carbocycles. The lowest BCUT2D eigenvalue weighted by Gasteiger charge is -2.29. The van der Waals surface area contributed by atoms with E-state index in [1.54, 1.807) is 69.2 Å². The molecule has 0 saturated carbocycles. The van der Waals surface area contributed by atoms with Crippen molar-refractivity contribution in [2.45, 2.75) is 112 Å². The lowest BCUT2D eigenvalue weighted by molar-refractivity contribution is -0.134. The van der Waals surface area contributed by atoms with Crippen LogP contribution in [0.5, 0.6) is 0 Å². The number of methoxy groups -OCH3 is 1. The molecular formula is C40H60F2N6O8S. The van der Waals surface area contributed by atoms with Gasteiger partial charge in [0, 0.05) is 31.6 Å². The minimum Gasteiger partial charge on any atom is -0.465 e. The van der Waals surface area contributed by atoms with Gasteiger partial charge in [-0.1, -0.05) is 48.5 Å². The zero-order chi connectivity index (χ0) is 43.4. The summed E-state index contributed by atoms with van der Waals surface area (Å²) in [5.74, 6) is -5.62. The molecule has 4 atom stereocenters. The van der Waals surface area contributed by atoms with E-state index < -0.39 is 71.1 Å². The number of esters is 1. The summed E-state index contributed by atoms with van der Waals surface area (Å²) < 4.78 is 38.1. The molecule has 0 radical (unpaired) electrons. The molecule has 0 spiro atoms. The lowest BCUT2D eigenvalue weighted by atomic mass is 9.96. The summed E-state index contributed by atoms with van der Waals surface area (Å²) in [4.78, 5) is 78.8. The maximum atomic E-state index is 13.9. The van der Waals surface area contributed by atoms with Crippen LogP contribution in [0.25, 0.3) is 0 Å². The highest BCUT2D eigenvalue weighted by Crippen LogP contribution is 2.35. The summed E-state index contributed by atoms with van der Waals surface area (Å²) >= 11 is 1.03. The first-order chi connectivity index (χ1) is 26.5. The Kier molecular flexibility index (Phi) is 18.4. The molecule has 1 unspecified atom stereocenters. The topological polar surface area (TPSA) is 193 Å². The summed E-state index contributed by atoms with van der Waals surface area (Å²) in [5, 5.41) is 17.0. The van der Waals surface area contributed by atoms with Gasteiger partial charge in [-0.15, -0.1) is 11.3 Å². The Balaban J connectivity index is 2.08. The number of anilines is 1. The fourth-order valence-electron chi connectivity index (χ4n) is 5.80. The van der Waals surface area contributed by atoms with E-state index in [9.17, 15) is 37.5 Å². The van der Waals surface area contributed by atoms with Crippen LogP contribution >= 0.6 is 11.3 Å². The molecule has 1 heterocycles. The van der Waals surface area contributed by atoms with Crippen LogP contribution in [-0.4, -0.2) is 86.2 Å². The summed E-state index contributed by atoms with van der Waals surface area (Å²) in [6.07, 6.45) is -0.233. The van der Waals surface area contributed by atoms with E-state index in [1.807, 2.05) is 6.92 Å². The molecule has 57 heavy (non-hydrogen) atoms. The maximum Gasteiger partial charge on any atom is 0.408 e. The zero-order valence-electron chi connectivity index (χ0n) is 35.0. The van der Waals surface area contributed by atoms with Crippen molar-refractivity contribution in [1.82, 2.24) is 26.6 Å². The predicted molar refractivity (Wildman–Crippen MR) is 215 cm³/mol.